The first-order valence-electron chi connectivity index (χ1n) is 15.0. The van der Waals surface area contributed by atoms with Crippen molar-refractivity contribution >= 4 is 32.2 Å². The molecule has 0 aliphatic carbocycles. The van der Waals surface area contributed by atoms with E-state index in [0.29, 0.717) is 0 Å². The number of aryl methyl sites for hydroxylation is 2. The molecule has 0 spiro atoms. The van der Waals surface area contributed by atoms with Gasteiger partial charge in [0.25, 0.3) is 20.2 Å². The van der Waals surface area contributed by atoms with Crippen LogP contribution in [0.4, 0.5) is 0 Å². The summed E-state index contributed by atoms with van der Waals surface area (Å²) in [5.74, 6) is -1.79. The fraction of sp³-hybridized carbons (Fsp3) is 0.257. The van der Waals surface area contributed by atoms with E-state index in [1.165, 1.54) is 55.6 Å². The van der Waals surface area contributed by atoms with Crippen molar-refractivity contribution in [3.05, 3.63) is 131 Å². The smallest absolute Gasteiger partial charge is 0.338 e. The molecule has 0 N–H and O–H groups in total. The summed E-state index contributed by atoms with van der Waals surface area (Å²) in [6.07, 6.45) is -8.21. The molecule has 14 heteroatoms. The van der Waals surface area contributed by atoms with Crippen LogP contribution in [0.15, 0.2) is 119 Å². The SMILES string of the molecule is CO[C@@H]1O[C@H](COS(=O)(=O)c2ccc(C)cc2)[C@@H](OS(=O)(=O)c2ccc(C)cc2)[C@H](OC(=O)c2ccccc2)[C@H]1OC(=O)c1ccccc1. The summed E-state index contributed by atoms with van der Waals surface area (Å²) in [4.78, 5) is 26.4. The van der Waals surface area contributed by atoms with Gasteiger partial charge in [0.15, 0.2) is 18.5 Å². The summed E-state index contributed by atoms with van der Waals surface area (Å²) < 4.78 is 87.9. The maximum Gasteiger partial charge on any atom is 0.338 e. The molecule has 0 aromatic heterocycles. The van der Waals surface area contributed by atoms with Gasteiger partial charge in [-0.05, 0) is 62.4 Å². The Kier molecular flexibility index (Phi) is 11.3. The molecule has 4 aromatic carbocycles. The van der Waals surface area contributed by atoms with Gasteiger partial charge in [0.1, 0.15) is 12.2 Å². The number of esters is 2. The second-order valence-electron chi connectivity index (χ2n) is 11.1. The van der Waals surface area contributed by atoms with Crippen LogP contribution in [-0.2, 0) is 47.5 Å². The lowest BCUT2D eigenvalue weighted by Crippen LogP contribution is -2.63. The van der Waals surface area contributed by atoms with Gasteiger partial charge in [0, 0.05) is 7.11 Å². The number of hydrogen-bond donors (Lipinski definition) is 0. The minimum atomic E-state index is -4.64. The Balaban J connectivity index is 1.56. The Hall–Kier alpha value is -4.44. The summed E-state index contributed by atoms with van der Waals surface area (Å²) in [5, 5.41) is 0. The lowest BCUT2D eigenvalue weighted by molar-refractivity contribution is -0.286. The summed E-state index contributed by atoms with van der Waals surface area (Å²) in [6.45, 7) is 2.75. The van der Waals surface area contributed by atoms with Crippen LogP contribution in [-0.4, -0.2) is 73.2 Å². The third-order valence-electron chi connectivity index (χ3n) is 7.57. The van der Waals surface area contributed by atoms with E-state index < -0.39 is 69.5 Å². The van der Waals surface area contributed by atoms with Crippen LogP contribution in [0.25, 0.3) is 0 Å². The average molecular weight is 711 g/mol. The number of benzene rings is 4. The Morgan fingerprint density at radius 2 is 1.06 bits per heavy atom. The number of carbonyl (C=O) groups is 2. The summed E-state index contributed by atoms with van der Waals surface area (Å²) in [7, 11) is -7.82. The third kappa shape index (κ3) is 8.78. The third-order valence-corrected chi connectivity index (χ3v) is 10.2. The van der Waals surface area contributed by atoms with Gasteiger partial charge >= 0.3 is 11.9 Å². The predicted octanol–water partition coefficient (Wildman–Crippen LogP) is 4.61. The molecule has 1 aliphatic heterocycles. The molecule has 5 rings (SSSR count). The van der Waals surface area contributed by atoms with E-state index in [2.05, 4.69) is 0 Å². The molecule has 1 fully saturated rings. The largest absolute Gasteiger partial charge is 0.452 e. The van der Waals surface area contributed by atoms with Gasteiger partial charge in [0.2, 0.25) is 0 Å². The Bertz CT molecular complexity index is 1950. The molecule has 1 heterocycles. The zero-order chi connectivity index (χ0) is 35.2. The van der Waals surface area contributed by atoms with Crippen LogP contribution in [0.5, 0.6) is 0 Å². The molecule has 0 saturated carbocycles. The van der Waals surface area contributed by atoms with E-state index in [0.717, 1.165) is 11.1 Å². The molecule has 258 valence electrons. The van der Waals surface area contributed by atoms with E-state index >= 15 is 0 Å². The summed E-state index contributed by atoms with van der Waals surface area (Å²) >= 11 is 0. The molecule has 0 radical (unpaired) electrons. The molecule has 12 nitrogen and oxygen atoms in total. The van der Waals surface area contributed by atoms with E-state index in [1.807, 2.05) is 0 Å². The molecule has 5 atom stereocenters. The quantitative estimate of drug-likeness (QED) is 0.149. The fourth-order valence-corrected chi connectivity index (χ4v) is 6.97. The van der Waals surface area contributed by atoms with Crippen molar-refractivity contribution in [1.29, 1.82) is 0 Å². The zero-order valence-corrected chi connectivity index (χ0v) is 28.3. The van der Waals surface area contributed by atoms with Crippen LogP contribution in [0, 0.1) is 13.8 Å². The number of methoxy groups -OCH3 is 1. The monoisotopic (exact) mass is 710 g/mol. The van der Waals surface area contributed by atoms with E-state index in [-0.39, 0.29) is 20.9 Å². The van der Waals surface area contributed by atoms with Crippen molar-refractivity contribution in [2.24, 2.45) is 0 Å². The predicted molar refractivity (Wildman–Crippen MR) is 175 cm³/mol. The first kappa shape index (κ1) is 35.9. The molecule has 0 bridgehead atoms. The minimum absolute atomic E-state index is 0.0889. The maximum atomic E-state index is 13.7. The Labute approximate surface area is 284 Å². The highest BCUT2D eigenvalue weighted by Gasteiger charge is 2.53. The summed E-state index contributed by atoms with van der Waals surface area (Å²) in [6, 6.07) is 27.3. The van der Waals surface area contributed by atoms with Crippen molar-refractivity contribution in [2.75, 3.05) is 13.7 Å². The number of ether oxygens (including phenoxy) is 4. The molecule has 0 unspecified atom stereocenters. The second-order valence-corrected chi connectivity index (χ2v) is 14.3. The van der Waals surface area contributed by atoms with Gasteiger partial charge in [-0.1, -0.05) is 71.8 Å². The van der Waals surface area contributed by atoms with Gasteiger partial charge in [0.05, 0.1) is 27.5 Å². The molecular formula is C35H34O12S2. The number of carbonyl (C=O) groups excluding carboxylic acids is 2. The Morgan fingerprint density at radius 1 is 0.612 bits per heavy atom. The minimum Gasteiger partial charge on any atom is -0.452 e. The van der Waals surface area contributed by atoms with Gasteiger partial charge in [-0.15, -0.1) is 0 Å². The second kappa shape index (κ2) is 15.4. The van der Waals surface area contributed by atoms with E-state index in [4.69, 9.17) is 27.3 Å². The molecule has 1 aliphatic rings. The lowest BCUT2D eigenvalue weighted by Gasteiger charge is -2.43. The van der Waals surface area contributed by atoms with Crippen molar-refractivity contribution in [2.45, 2.75) is 54.3 Å². The van der Waals surface area contributed by atoms with Gasteiger partial charge in [-0.3, -0.25) is 8.37 Å². The average Bonchev–Trinajstić information content (AvgIpc) is 3.10. The first-order valence-corrected chi connectivity index (χ1v) is 17.9. The van der Waals surface area contributed by atoms with Gasteiger partial charge < -0.3 is 18.9 Å². The molecule has 49 heavy (non-hydrogen) atoms. The normalized spacial score (nSPS) is 21.1. The lowest BCUT2D eigenvalue weighted by atomic mass is 9.98. The van der Waals surface area contributed by atoms with Crippen LogP contribution >= 0.6 is 0 Å². The highest BCUT2D eigenvalue weighted by atomic mass is 32.2. The Morgan fingerprint density at radius 3 is 1.53 bits per heavy atom. The molecule has 0 amide bonds. The maximum absolute atomic E-state index is 13.7. The highest BCUT2D eigenvalue weighted by Crippen LogP contribution is 2.33. The van der Waals surface area contributed by atoms with Crippen LogP contribution < -0.4 is 0 Å². The van der Waals surface area contributed by atoms with E-state index in [1.54, 1.807) is 74.5 Å². The van der Waals surface area contributed by atoms with Crippen molar-refractivity contribution in [3.8, 4) is 0 Å². The first-order chi connectivity index (χ1) is 23.4. The topological polar surface area (TPSA) is 158 Å². The molecular weight excluding hydrogens is 677 g/mol. The highest BCUT2D eigenvalue weighted by molar-refractivity contribution is 7.87. The van der Waals surface area contributed by atoms with Crippen molar-refractivity contribution in [3.63, 3.8) is 0 Å². The van der Waals surface area contributed by atoms with Crippen molar-refractivity contribution < 1.29 is 53.7 Å². The van der Waals surface area contributed by atoms with Crippen LogP contribution in [0.2, 0.25) is 0 Å². The number of hydrogen-bond acceptors (Lipinski definition) is 12. The standard InChI is InChI=1S/C35H34O12S2/c1-23-14-18-27(19-15-23)48(38,39)43-22-29-30(47-49(40,41)28-20-16-24(2)17-21-28)31(45-33(36)25-10-6-4-7-11-25)32(35(42-3)44-29)46-34(37)26-12-8-5-9-13-26/h4-21,29-32,35H,22H2,1-3H3/t29-,30-,31+,32-,35-/m1/s1. The molecule has 1 saturated heterocycles. The van der Waals surface area contributed by atoms with Crippen LogP contribution in [0.3, 0.4) is 0 Å². The zero-order valence-electron chi connectivity index (χ0n) is 26.7. The van der Waals surface area contributed by atoms with Crippen molar-refractivity contribution in [1.82, 2.24) is 0 Å². The van der Waals surface area contributed by atoms with E-state index in [9.17, 15) is 26.4 Å². The van der Waals surface area contributed by atoms with Gasteiger partial charge in [-0.2, -0.15) is 16.8 Å². The van der Waals surface area contributed by atoms with Gasteiger partial charge in [-0.25, -0.2) is 9.59 Å². The number of rotatable bonds is 12. The van der Waals surface area contributed by atoms with Crippen LogP contribution in [0.1, 0.15) is 31.8 Å². The summed E-state index contributed by atoms with van der Waals surface area (Å²) in [5.41, 5.74) is 1.81. The molecule has 4 aromatic rings. The fourth-order valence-electron chi connectivity index (χ4n) is 4.95.